The maximum Gasteiger partial charge on any atom is 0.0890 e. The lowest BCUT2D eigenvalue weighted by Gasteiger charge is -2.33. The van der Waals surface area contributed by atoms with Crippen LogP contribution in [0.3, 0.4) is 0 Å². The summed E-state index contributed by atoms with van der Waals surface area (Å²) in [5.74, 6) is 0. The van der Waals surface area contributed by atoms with E-state index in [9.17, 15) is 0 Å². The van der Waals surface area contributed by atoms with Gasteiger partial charge in [0, 0.05) is 33.8 Å². The van der Waals surface area contributed by atoms with Gasteiger partial charge in [0.15, 0.2) is 0 Å². The normalized spacial score (nSPS) is 30.8. The van der Waals surface area contributed by atoms with Gasteiger partial charge in [-0.15, -0.1) is 0 Å². The van der Waals surface area contributed by atoms with Gasteiger partial charge in [0.1, 0.15) is 0 Å². The molecule has 0 aromatic rings. The second-order valence-corrected chi connectivity index (χ2v) is 8.70. The van der Waals surface area contributed by atoms with Gasteiger partial charge >= 0.3 is 0 Å². The minimum absolute atomic E-state index is 0.313. The number of methoxy groups -OCH3 is 2. The molecule has 0 spiro atoms. The number of allylic oxidation sites excluding steroid dienone is 2. The van der Waals surface area contributed by atoms with Crippen molar-refractivity contribution in [3.05, 3.63) is 19.6 Å². The van der Waals surface area contributed by atoms with Gasteiger partial charge in [0.25, 0.3) is 0 Å². The molecule has 3 rings (SSSR count). The molecule has 3 aliphatic rings. The molecule has 0 bridgehead atoms. The highest BCUT2D eigenvalue weighted by molar-refractivity contribution is 8.13. The number of thioether (sulfide) groups is 2. The minimum Gasteiger partial charge on any atom is -0.376 e. The smallest absolute Gasteiger partial charge is 0.0890 e. The predicted molar refractivity (Wildman–Crippen MR) is 97.0 cm³/mol. The third-order valence-corrected chi connectivity index (χ3v) is 7.97. The van der Waals surface area contributed by atoms with Gasteiger partial charge in [-0.3, -0.25) is 0 Å². The molecule has 2 nitrogen and oxygen atoms in total. The van der Waals surface area contributed by atoms with Crippen LogP contribution in [-0.4, -0.2) is 26.4 Å². The van der Waals surface area contributed by atoms with Gasteiger partial charge in [-0.1, -0.05) is 49.2 Å². The molecule has 0 saturated heterocycles. The summed E-state index contributed by atoms with van der Waals surface area (Å²) >= 11 is 4.06. The Bertz CT molecular complexity index is 414. The van der Waals surface area contributed by atoms with Crippen molar-refractivity contribution in [3.8, 4) is 0 Å². The summed E-state index contributed by atoms with van der Waals surface area (Å²) < 4.78 is 11.7. The highest BCUT2D eigenvalue weighted by atomic mass is 32.2. The minimum atomic E-state index is 0.313. The Morgan fingerprint density at radius 3 is 1.55 bits per heavy atom. The first kappa shape index (κ1) is 16.9. The van der Waals surface area contributed by atoms with Crippen LogP contribution in [-0.2, 0) is 9.47 Å². The van der Waals surface area contributed by atoms with Crippen LogP contribution in [0, 0.1) is 0 Å². The van der Waals surface area contributed by atoms with Gasteiger partial charge in [-0.05, 0) is 38.5 Å². The van der Waals surface area contributed by atoms with E-state index < -0.39 is 0 Å². The highest BCUT2D eigenvalue weighted by Gasteiger charge is 2.31. The van der Waals surface area contributed by atoms with Crippen molar-refractivity contribution in [3.63, 3.8) is 0 Å². The van der Waals surface area contributed by atoms with Crippen molar-refractivity contribution >= 4 is 23.5 Å². The lowest BCUT2D eigenvalue weighted by atomic mass is 10.0. The van der Waals surface area contributed by atoms with Crippen LogP contribution < -0.4 is 0 Å². The van der Waals surface area contributed by atoms with E-state index in [1.54, 1.807) is 9.81 Å². The van der Waals surface area contributed by atoms with Gasteiger partial charge in [0.05, 0.1) is 12.2 Å². The zero-order valence-corrected chi connectivity index (χ0v) is 15.5. The van der Waals surface area contributed by atoms with Gasteiger partial charge < -0.3 is 9.47 Å². The molecule has 124 valence electrons. The molecule has 0 saturated carbocycles. The van der Waals surface area contributed by atoms with Crippen molar-refractivity contribution in [2.75, 3.05) is 14.2 Å². The molecular formula is C18H28O2S2. The van der Waals surface area contributed by atoms with Crippen LogP contribution in [0.5, 0.6) is 0 Å². The zero-order chi connectivity index (χ0) is 15.4. The maximum absolute atomic E-state index is 5.84. The molecule has 0 aromatic heterocycles. The van der Waals surface area contributed by atoms with Gasteiger partial charge in [-0.2, -0.15) is 0 Å². The molecular weight excluding hydrogens is 312 g/mol. The summed E-state index contributed by atoms with van der Waals surface area (Å²) in [4.78, 5) is 6.17. The number of ether oxygens (including phenoxy) is 2. The molecule has 0 N–H and O–H groups in total. The summed E-state index contributed by atoms with van der Waals surface area (Å²) in [6, 6.07) is 0. The van der Waals surface area contributed by atoms with Crippen molar-refractivity contribution in [2.45, 2.75) is 76.4 Å². The molecule has 1 aliphatic heterocycles. The summed E-state index contributed by atoms with van der Waals surface area (Å²) in [6.07, 6.45) is 13.3. The van der Waals surface area contributed by atoms with Crippen molar-refractivity contribution in [1.29, 1.82) is 0 Å². The van der Waals surface area contributed by atoms with Crippen LogP contribution >= 0.6 is 23.5 Å². The zero-order valence-electron chi connectivity index (χ0n) is 13.9. The first-order valence-corrected chi connectivity index (χ1v) is 10.3. The molecule has 0 fully saturated rings. The standard InChI is InChI=1S/C18H28O2S2/c1-19-13-9-5-3-7-11-15-17(13)21-16-12-8-4-6-10-14(20-2)18(16)22-15/h13-14H,3-12H2,1-2H3. The summed E-state index contributed by atoms with van der Waals surface area (Å²) in [7, 11) is 3.75. The Morgan fingerprint density at radius 2 is 1.14 bits per heavy atom. The van der Waals surface area contributed by atoms with E-state index in [1.807, 2.05) is 37.7 Å². The van der Waals surface area contributed by atoms with Crippen LogP contribution in [0.2, 0.25) is 0 Å². The largest absolute Gasteiger partial charge is 0.376 e. The molecule has 1 heterocycles. The molecule has 2 unspecified atom stereocenters. The fraction of sp³-hybridized carbons (Fsp3) is 0.778. The van der Waals surface area contributed by atoms with Crippen LogP contribution in [0.15, 0.2) is 19.6 Å². The monoisotopic (exact) mass is 340 g/mol. The average molecular weight is 341 g/mol. The third-order valence-electron chi connectivity index (χ3n) is 4.91. The lowest BCUT2D eigenvalue weighted by molar-refractivity contribution is 0.124. The molecule has 2 aliphatic carbocycles. The number of hydrogen-bond acceptors (Lipinski definition) is 4. The van der Waals surface area contributed by atoms with Crippen LogP contribution in [0.1, 0.15) is 64.2 Å². The SMILES string of the molecule is COC1CCCCCC2=C1SC1=C(S2)C(OC)CCCCC1. The van der Waals surface area contributed by atoms with Crippen molar-refractivity contribution in [1.82, 2.24) is 0 Å². The van der Waals surface area contributed by atoms with E-state index >= 15 is 0 Å². The van der Waals surface area contributed by atoms with E-state index in [-0.39, 0.29) is 0 Å². The van der Waals surface area contributed by atoms with Crippen LogP contribution in [0.4, 0.5) is 0 Å². The molecule has 22 heavy (non-hydrogen) atoms. The van der Waals surface area contributed by atoms with Crippen LogP contribution in [0.25, 0.3) is 0 Å². The fourth-order valence-corrected chi connectivity index (χ4v) is 6.73. The highest BCUT2D eigenvalue weighted by Crippen LogP contribution is 2.53. The Kier molecular flexibility index (Phi) is 6.37. The molecule has 0 radical (unpaired) electrons. The fourth-order valence-electron chi connectivity index (χ4n) is 3.62. The summed E-state index contributed by atoms with van der Waals surface area (Å²) in [5, 5.41) is 0. The molecule has 4 heteroatoms. The number of hydrogen-bond donors (Lipinski definition) is 0. The topological polar surface area (TPSA) is 18.5 Å². The Hall–Kier alpha value is 0.1000. The second-order valence-electron chi connectivity index (χ2n) is 6.43. The van der Waals surface area contributed by atoms with E-state index in [2.05, 4.69) is 0 Å². The van der Waals surface area contributed by atoms with Gasteiger partial charge in [-0.25, -0.2) is 0 Å². The van der Waals surface area contributed by atoms with Crippen molar-refractivity contribution < 1.29 is 9.47 Å². The van der Waals surface area contributed by atoms with Gasteiger partial charge in [0.2, 0.25) is 0 Å². The Labute approximate surface area is 143 Å². The molecule has 0 aromatic carbocycles. The van der Waals surface area contributed by atoms with E-state index in [0.29, 0.717) is 12.2 Å². The summed E-state index contributed by atoms with van der Waals surface area (Å²) in [6.45, 7) is 0. The second kappa shape index (κ2) is 8.27. The molecule has 0 amide bonds. The van der Waals surface area contributed by atoms with E-state index in [4.69, 9.17) is 9.47 Å². The maximum atomic E-state index is 5.84. The molecule has 2 atom stereocenters. The Balaban J connectivity index is 1.88. The third kappa shape index (κ3) is 3.77. The predicted octanol–water partition coefficient (Wildman–Crippen LogP) is 5.85. The average Bonchev–Trinajstić information content (AvgIpc) is 2.50. The Morgan fingerprint density at radius 1 is 0.682 bits per heavy atom. The quantitative estimate of drug-likeness (QED) is 0.627. The van der Waals surface area contributed by atoms with E-state index in [1.165, 1.54) is 74.0 Å². The summed E-state index contributed by atoms with van der Waals surface area (Å²) in [5.41, 5.74) is 0. The lowest BCUT2D eigenvalue weighted by Crippen LogP contribution is -2.21. The van der Waals surface area contributed by atoms with E-state index in [0.717, 1.165) is 0 Å². The number of rotatable bonds is 2. The van der Waals surface area contributed by atoms with Crippen molar-refractivity contribution in [2.24, 2.45) is 0 Å². The first-order chi connectivity index (χ1) is 10.8. The first-order valence-electron chi connectivity index (χ1n) is 8.71.